The number of aromatic nitrogens is 2. The Balaban J connectivity index is 2.07. The molecule has 2 aromatic rings. The van der Waals surface area contributed by atoms with Crippen LogP contribution >= 0.6 is 0 Å². The van der Waals surface area contributed by atoms with Crippen molar-refractivity contribution in [2.75, 3.05) is 18.9 Å². The number of benzene rings is 1. The van der Waals surface area contributed by atoms with Crippen molar-refractivity contribution >= 4 is 16.6 Å². The standard InChI is InChI=1S/C13H17N3O/c1-16-13-7-11(9-2-4-17-5-3-9)12(14)6-10(13)8-15-16/h6-9H,2-5,14H2,1H3. The minimum absolute atomic E-state index is 0.531. The summed E-state index contributed by atoms with van der Waals surface area (Å²) in [5.41, 5.74) is 9.44. The lowest BCUT2D eigenvalue weighted by atomic mass is 9.90. The van der Waals surface area contributed by atoms with Crippen LogP contribution in [0.5, 0.6) is 0 Å². The van der Waals surface area contributed by atoms with Crippen LogP contribution in [0, 0.1) is 0 Å². The number of nitrogen functional groups attached to an aromatic ring is 1. The fraction of sp³-hybridized carbons (Fsp3) is 0.462. The van der Waals surface area contributed by atoms with E-state index < -0.39 is 0 Å². The highest BCUT2D eigenvalue weighted by molar-refractivity contribution is 5.84. The molecule has 1 saturated heterocycles. The van der Waals surface area contributed by atoms with Crippen molar-refractivity contribution < 1.29 is 4.74 Å². The molecular weight excluding hydrogens is 214 g/mol. The molecule has 1 aliphatic rings. The van der Waals surface area contributed by atoms with Crippen LogP contribution in [-0.2, 0) is 11.8 Å². The molecule has 0 amide bonds. The number of nitrogens with zero attached hydrogens (tertiary/aromatic N) is 2. The van der Waals surface area contributed by atoms with E-state index in [1.165, 1.54) is 5.56 Å². The molecule has 1 aliphatic heterocycles. The van der Waals surface area contributed by atoms with Gasteiger partial charge in [-0.15, -0.1) is 0 Å². The number of anilines is 1. The number of hydrogen-bond donors (Lipinski definition) is 1. The zero-order chi connectivity index (χ0) is 11.8. The summed E-state index contributed by atoms with van der Waals surface area (Å²) in [7, 11) is 1.96. The molecule has 90 valence electrons. The Hall–Kier alpha value is -1.55. The third kappa shape index (κ3) is 1.78. The fourth-order valence-corrected chi connectivity index (χ4v) is 2.60. The van der Waals surface area contributed by atoms with Crippen LogP contribution in [-0.4, -0.2) is 23.0 Å². The smallest absolute Gasteiger partial charge is 0.0683 e. The van der Waals surface area contributed by atoms with Gasteiger partial charge in [0.2, 0.25) is 0 Å². The Morgan fingerprint density at radius 1 is 1.35 bits per heavy atom. The van der Waals surface area contributed by atoms with Crippen molar-refractivity contribution in [3.05, 3.63) is 23.9 Å². The van der Waals surface area contributed by atoms with Gasteiger partial charge in [0.25, 0.3) is 0 Å². The van der Waals surface area contributed by atoms with Crippen molar-refractivity contribution in [2.45, 2.75) is 18.8 Å². The van der Waals surface area contributed by atoms with Gasteiger partial charge in [0.1, 0.15) is 0 Å². The van der Waals surface area contributed by atoms with E-state index in [2.05, 4.69) is 11.2 Å². The molecule has 4 nitrogen and oxygen atoms in total. The number of hydrogen-bond acceptors (Lipinski definition) is 3. The number of fused-ring (bicyclic) bond motifs is 1. The maximum Gasteiger partial charge on any atom is 0.0683 e. The quantitative estimate of drug-likeness (QED) is 0.764. The van der Waals surface area contributed by atoms with Gasteiger partial charge >= 0.3 is 0 Å². The maximum atomic E-state index is 6.15. The Bertz CT molecular complexity index is 541. The third-order valence-corrected chi connectivity index (χ3v) is 3.61. The second kappa shape index (κ2) is 4.04. The molecule has 0 bridgehead atoms. The highest BCUT2D eigenvalue weighted by atomic mass is 16.5. The Labute approximate surface area is 100 Å². The van der Waals surface area contributed by atoms with Gasteiger partial charge in [0.05, 0.1) is 11.7 Å². The summed E-state index contributed by atoms with van der Waals surface area (Å²) in [5.74, 6) is 0.531. The Morgan fingerprint density at radius 3 is 2.88 bits per heavy atom. The summed E-state index contributed by atoms with van der Waals surface area (Å²) in [4.78, 5) is 0. The van der Waals surface area contributed by atoms with Gasteiger partial charge in [0, 0.05) is 31.3 Å². The second-order valence-electron chi connectivity index (χ2n) is 4.69. The summed E-state index contributed by atoms with van der Waals surface area (Å²) < 4.78 is 7.30. The first-order valence-electron chi connectivity index (χ1n) is 6.04. The van der Waals surface area contributed by atoms with Crippen LogP contribution in [0.25, 0.3) is 10.9 Å². The monoisotopic (exact) mass is 231 g/mol. The van der Waals surface area contributed by atoms with Crippen LogP contribution in [0.1, 0.15) is 24.3 Å². The lowest BCUT2D eigenvalue weighted by molar-refractivity contribution is 0.0855. The molecule has 17 heavy (non-hydrogen) atoms. The van der Waals surface area contributed by atoms with Crippen LogP contribution in [0.3, 0.4) is 0 Å². The van der Waals surface area contributed by atoms with Gasteiger partial charge in [-0.05, 0) is 36.5 Å². The van der Waals surface area contributed by atoms with E-state index in [0.29, 0.717) is 5.92 Å². The molecule has 0 aliphatic carbocycles. The zero-order valence-electron chi connectivity index (χ0n) is 10.0. The largest absolute Gasteiger partial charge is 0.398 e. The highest BCUT2D eigenvalue weighted by Gasteiger charge is 2.19. The Morgan fingerprint density at radius 2 is 2.12 bits per heavy atom. The van der Waals surface area contributed by atoms with E-state index in [0.717, 1.165) is 42.6 Å². The molecule has 4 heteroatoms. The normalized spacial score (nSPS) is 17.7. The minimum atomic E-state index is 0.531. The van der Waals surface area contributed by atoms with E-state index in [4.69, 9.17) is 10.5 Å². The molecule has 2 heterocycles. The zero-order valence-corrected chi connectivity index (χ0v) is 10.0. The van der Waals surface area contributed by atoms with E-state index in [9.17, 15) is 0 Å². The second-order valence-corrected chi connectivity index (χ2v) is 4.69. The lowest BCUT2D eigenvalue weighted by Gasteiger charge is -2.23. The average Bonchev–Trinajstić information content (AvgIpc) is 2.70. The van der Waals surface area contributed by atoms with Gasteiger partial charge in [-0.2, -0.15) is 5.10 Å². The SMILES string of the molecule is Cn1ncc2cc(N)c(C3CCOCC3)cc21. The topological polar surface area (TPSA) is 53.1 Å². The van der Waals surface area contributed by atoms with Crippen LogP contribution in [0.15, 0.2) is 18.3 Å². The molecule has 0 atom stereocenters. The first kappa shape index (κ1) is 10.6. The maximum absolute atomic E-state index is 6.15. The van der Waals surface area contributed by atoms with Crippen molar-refractivity contribution in [3.63, 3.8) is 0 Å². The molecular formula is C13H17N3O. The highest BCUT2D eigenvalue weighted by Crippen LogP contribution is 2.33. The summed E-state index contributed by atoms with van der Waals surface area (Å²) in [6.07, 6.45) is 3.99. The van der Waals surface area contributed by atoms with Gasteiger partial charge in [0.15, 0.2) is 0 Å². The summed E-state index contributed by atoms with van der Waals surface area (Å²) >= 11 is 0. The van der Waals surface area contributed by atoms with Crippen molar-refractivity contribution in [1.82, 2.24) is 9.78 Å². The molecule has 2 N–H and O–H groups in total. The van der Waals surface area contributed by atoms with E-state index in [-0.39, 0.29) is 0 Å². The Kier molecular flexibility index (Phi) is 2.52. The molecule has 1 aromatic heterocycles. The van der Waals surface area contributed by atoms with Crippen LogP contribution in [0.2, 0.25) is 0 Å². The first-order valence-corrected chi connectivity index (χ1v) is 6.04. The average molecular weight is 231 g/mol. The number of nitrogens with two attached hydrogens (primary N) is 1. The van der Waals surface area contributed by atoms with E-state index in [1.807, 2.05) is 24.0 Å². The van der Waals surface area contributed by atoms with Crippen LogP contribution in [0.4, 0.5) is 5.69 Å². The fourth-order valence-electron chi connectivity index (χ4n) is 2.60. The molecule has 0 radical (unpaired) electrons. The predicted molar refractivity (Wildman–Crippen MR) is 67.9 cm³/mol. The molecule has 0 unspecified atom stereocenters. The van der Waals surface area contributed by atoms with Gasteiger partial charge in [-0.25, -0.2) is 0 Å². The summed E-state index contributed by atoms with van der Waals surface area (Å²) in [6, 6.07) is 4.22. The molecule has 1 aromatic carbocycles. The van der Waals surface area contributed by atoms with E-state index >= 15 is 0 Å². The summed E-state index contributed by atoms with van der Waals surface area (Å²) in [5, 5.41) is 5.37. The van der Waals surface area contributed by atoms with Crippen molar-refractivity contribution in [2.24, 2.45) is 7.05 Å². The molecule has 1 fully saturated rings. The third-order valence-electron chi connectivity index (χ3n) is 3.61. The predicted octanol–water partition coefficient (Wildman–Crippen LogP) is 2.05. The van der Waals surface area contributed by atoms with E-state index in [1.54, 1.807) is 0 Å². The first-order chi connectivity index (χ1) is 8.25. The minimum Gasteiger partial charge on any atom is -0.398 e. The number of ether oxygens (including phenoxy) is 1. The molecule has 3 rings (SSSR count). The van der Waals surface area contributed by atoms with Crippen molar-refractivity contribution in [1.29, 1.82) is 0 Å². The van der Waals surface area contributed by atoms with Gasteiger partial charge in [-0.1, -0.05) is 0 Å². The molecule has 0 saturated carbocycles. The number of aryl methyl sites for hydroxylation is 1. The number of rotatable bonds is 1. The summed E-state index contributed by atoms with van der Waals surface area (Å²) in [6.45, 7) is 1.68. The van der Waals surface area contributed by atoms with Gasteiger partial charge in [-0.3, -0.25) is 4.68 Å². The van der Waals surface area contributed by atoms with Crippen molar-refractivity contribution in [3.8, 4) is 0 Å². The van der Waals surface area contributed by atoms with Crippen LogP contribution < -0.4 is 5.73 Å². The van der Waals surface area contributed by atoms with Gasteiger partial charge < -0.3 is 10.5 Å². The molecule has 0 spiro atoms. The lowest BCUT2D eigenvalue weighted by Crippen LogP contribution is -2.15.